The maximum Gasteiger partial charge on any atom is 0.293 e. The minimum Gasteiger partial charge on any atom is -0.367 e. The topological polar surface area (TPSA) is 66.6 Å². The normalized spacial score (nSPS) is 14.9. The van der Waals surface area contributed by atoms with Gasteiger partial charge in [-0.05, 0) is 32.0 Å². The number of anilines is 1. The number of fused-ring (bicyclic) bond motifs is 1. The van der Waals surface area contributed by atoms with Crippen LogP contribution in [-0.2, 0) is 0 Å². The van der Waals surface area contributed by atoms with E-state index in [2.05, 4.69) is 20.0 Å². The lowest BCUT2D eigenvalue weighted by molar-refractivity contribution is 0.0734. The van der Waals surface area contributed by atoms with Crippen molar-refractivity contribution in [3.8, 4) is 0 Å². The molecular formula is C18H19ClN6O. The Balaban J connectivity index is 1.50. The van der Waals surface area contributed by atoms with Gasteiger partial charge in [-0.3, -0.25) is 4.79 Å². The van der Waals surface area contributed by atoms with Crippen LogP contribution in [0.15, 0.2) is 30.3 Å². The summed E-state index contributed by atoms with van der Waals surface area (Å²) in [4.78, 5) is 25.4. The fourth-order valence-electron chi connectivity index (χ4n) is 3.26. The quantitative estimate of drug-likeness (QED) is 0.692. The Hall–Kier alpha value is -2.67. The number of hydrogen-bond acceptors (Lipinski definition) is 5. The van der Waals surface area contributed by atoms with Crippen LogP contribution < -0.4 is 4.90 Å². The Labute approximate surface area is 156 Å². The fourth-order valence-corrected chi connectivity index (χ4v) is 3.51. The summed E-state index contributed by atoms with van der Waals surface area (Å²) in [6.07, 6.45) is 0. The SMILES string of the molecule is Cc1cc(C)n2nc(C(=O)N3CCN(c4ccccc4Cl)CC3)nc2n1. The third kappa shape index (κ3) is 2.99. The second-order valence-electron chi connectivity index (χ2n) is 6.42. The largest absolute Gasteiger partial charge is 0.367 e. The molecule has 0 N–H and O–H groups in total. The molecule has 1 aliphatic rings. The van der Waals surface area contributed by atoms with E-state index >= 15 is 0 Å². The summed E-state index contributed by atoms with van der Waals surface area (Å²) in [5.74, 6) is 0.490. The number of piperazine rings is 1. The van der Waals surface area contributed by atoms with E-state index in [9.17, 15) is 4.79 Å². The van der Waals surface area contributed by atoms with E-state index in [4.69, 9.17) is 11.6 Å². The van der Waals surface area contributed by atoms with Gasteiger partial charge in [-0.25, -0.2) is 9.50 Å². The lowest BCUT2D eigenvalue weighted by atomic mass is 10.2. The number of para-hydroxylation sites is 1. The minimum absolute atomic E-state index is 0.161. The van der Waals surface area contributed by atoms with Crippen molar-refractivity contribution in [1.82, 2.24) is 24.5 Å². The van der Waals surface area contributed by atoms with E-state index in [1.165, 1.54) is 0 Å². The third-order valence-corrected chi connectivity index (χ3v) is 4.89. The molecule has 0 aliphatic carbocycles. The average molecular weight is 371 g/mol. The van der Waals surface area contributed by atoms with Gasteiger partial charge >= 0.3 is 0 Å². The van der Waals surface area contributed by atoms with Crippen LogP contribution in [0.2, 0.25) is 5.02 Å². The highest BCUT2D eigenvalue weighted by atomic mass is 35.5. The molecule has 0 unspecified atom stereocenters. The van der Waals surface area contributed by atoms with Crippen molar-refractivity contribution >= 4 is 29.0 Å². The van der Waals surface area contributed by atoms with Crippen LogP contribution in [0.1, 0.15) is 22.0 Å². The molecule has 3 aromatic rings. The van der Waals surface area contributed by atoms with Gasteiger partial charge in [0.05, 0.1) is 10.7 Å². The van der Waals surface area contributed by atoms with Crippen molar-refractivity contribution < 1.29 is 4.79 Å². The molecule has 0 saturated carbocycles. The standard InChI is InChI=1S/C18H19ClN6O/c1-12-11-13(2)25-18(20-12)21-16(22-25)17(26)24-9-7-23(8-10-24)15-6-4-3-5-14(15)19/h3-6,11H,7-10H2,1-2H3. The molecule has 3 heterocycles. The Morgan fingerprint density at radius 3 is 2.54 bits per heavy atom. The zero-order valence-electron chi connectivity index (χ0n) is 14.7. The summed E-state index contributed by atoms with van der Waals surface area (Å²) in [5.41, 5.74) is 2.76. The van der Waals surface area contributed by atoms with Gasteiger partial charge in [-0.1, -0.05) is 23.7 Å². The lowest BCUT2D eigenvalue weighted by Gasteiger charge is -2.36. The van der Waals surface area contributed by atoms with Crippen molar-refractivity contribution in [2.75, 3.05) is 31.1 Å². The maximum absolute atomic E-state index is 12.8. The van der Waals surface area contributed by atoms with Crippen molar-refractivity contribution in [1.29, 1.82) is 0 Å². The molecule has 8 heteroatoms. The van der Waals surface area contributed by atoms with Crippen molar-refractivity contribution in [2.45, 2.75) is 13.8 Å². The summed E-state index contributed by atoms with van der Waals surface area (Å²) in [5, 5.41) is 5.06. The molecule has 1 aromatic carbocycles. The monoisotopic (exact) mass is 370 g/mol. The number of carbonyl (C=O) groups excluding carboxylic acids is 1. The molecule has 7 nitrogen and oxygen atoms in total. The van der Waals surface area contributed by atoms with Crippen LogP contribution >= 0.6 is 11.6 Å². The molecule has 134 valence electrons. The van der Waals surface area contributed by atoms with Gasteiger partial charge in [0.25, 0.3) is 11.7 Å². The number of nitrogens with zero attached hydrogens (tertiary/aromatic N) is 6. The zero-order valence-corrected chi connectivity index (χ0v) is 15.4. The first-order chi connectivity index (χ1) is 12.5. The Morgan fingerprint density at radius 1 is 1.08 bits per heavy atom. The Kier molecular flexibility index (Phi) is 4.24. The first kappa shape index (κ1) is 16.8. The summed E-state index contributed by atoms with van der Waals surface area (Å²) in [7, 11) is 0. The van der Waals surface area contributed by atoms with E-state index in [-0.39, 0.29) is 11.7 Å². The van der Waals surface area contributed by atoms with E-state index in [1.54, 1.807) is 9.42 Å². The molecule has 1 amide bonds. The predicted octanol–water partition coefficient (Wildman–Crippen LogP) is 2.36. The molecule has 4 rings (SSSR count). The molecule has 1 saturated heterocycles. The molecule has 0 spiro atoms. The van der Waals surface area contributed by atoms with Crippen LogP contribution in [0.3, 0.4) is 0 Å². The van der Waals surface area contributed by atoms with Crippen molar-refractivity contribution in [3.05, 3.63) is 52.6 Å². The van der Waals surface area contributed by atoms with Gasteiger partial charge in [0, 0.05) is 37.6 Å². The third-order valence-electron chi connectivity index (χ3n) is 4.57. The number of hydrogen-bond donors (Lipinski definition) is 0. The van der Waals surface area contributed by atoms with Crippen LogP contribution in [0.5, 0.6) is 0 Å². The number of carbonyl (C=O) groups is 1. The van der Waals surface area contributed by atoms with E-state index in [0.29, 0.717) is 18.9 Å². The Bertz CT molecular complexity index is 977. The van der Waals surface area contributed by atoms with E-state index < -0.39 is 0 Å². The van der Waals surface area contributed by atoms with Crippen LogP contribution in [0.4, 0.5) is 5.69 Å². The maximum atomic E-state index is 12.8. The highest BCUT2D eigenvalue weighted by Crippen LogP contribution is 2.26. The van der Waals surface area contributed by atoms with Gasteiger partial charge < -0.3 is 9.80 Å². The van der Waals surface area contributed by atoms with Gasteiger partial charge in [-0.2, -0.15) is 4.98 Å². The van der Waals surface area contributed by atoms with Crippen molar-refractivity contribution in [2.24, 2.45) is 0 Å². The molecule has 0 atom stereocenters. The number of halogens is 1. The molecule has 1 aliphatic heterocycles. The molecular weight excluding hydrogens is 352 g/mol. The highest BCUT2D eigenvalue weighted by Gasteiger charge is 2.26. The van der Waals surface area contributed by atoms with Gasteiger partial charge in [0.15, 0.2) is 0 Å². The second-order valence-corrected chi connectivity index (χ2v) is 6.82. The van der Waals surface area contributed by atoms with Crippen LogP contribution in [0.25, 0.3) is 5.78 Å². The summed E-state index contributed by atoms with van der Waals surface area (Å²) < 4.78 is 1.61. The van der Waals surface area contributed by atoms with Gasteiger partial charge in [0.1, 0.15) is 0 Å². The van der Waals surface area contributed by atoms with Gasteiger partial charge in [-0.15, -0.1) is 5.10 Å². The first-order valence-electron chi connectivity index (χ1n) is 8.53. The average Bonchev–Trinajstić information content (AvgIpc) is 3.06. The fraction of sp³-hybridized carbons (Fsp3) is 0.333. The minimum atomic E-state index is -0.161. The second kappa shape index (κ2) is 6.57. The molecule has 0 radical (unpaired) electrons. The van der Waals surface area contributed by atoms with Crippen LogP contribution in [-0.4, -0.2) is 56.6 Å². The molecule has 2 aromatic heterocycles. The number of amides is 1. The van der Waals surface area contributed by atoms with Gasteiger partial charge in [0.2, 0.25) is 5.82 Å². The highest BCUT2D eigenvalue weighted by molar-refractivity contribution is 6.33. The summed E-state index contributed by atoms with van der Waals surface area (Å²) in [6.45, 7) is 6.47. The smallest absolute Gasteiger partial charge is 0.293 e. The molecule has 0 bridgehead atoms. The molecule has 26 heavy (non-hydrogen) atoms. The summed E-state index contributed by atoms with van der Waals surface area (Å²) >= 11 is 6.27. The van der Waals surface area contributed by atoms with E-state index in [1.807, 2.05) is 44.2 Å². The lowest BCUT2D eigenvalue weighted by Crippen LogP contribution is -2.49. The number of aromatic nitrogens is 4. The van der Waals surface area contributed by atoms with Crippen molar-refractivity contribution in [3.63, 3.8) is 0 Å². The summed E-state index contributed by atoms with van der Waals surface area (Å²) in [6, 6.07) is 9.68. The van der Waals surface area contributed by atoms with Crippen LogP contribution in [0, 0.1) is 13.8 Å². The number of aryl methyl sites for hydroxylation is 2. The van der Waals surface area contributed by atoms with E-state index in [0.717, 1.165) is 35.2 Å². The predicted molar refractivity (Wildman–Crippen MR) is 99.8 cm³/mol. The Morgan fingerprint density at radius 2 is 1.81 bits per heavy atom. The molecule has 1 fully saturated rings. The number of benzene rings is 1. The zero-order chi connectivity index (χ0) is 18.3. The first-order valence-corrected chi connectivity index (χ1v) is 8.90. The number of rotatable bonds is 2.